The molecule has 0 bridgehead atoms. The Morgan fingerprint density at radius 1 is 1.26 bits per heavy atom. The molecule has 0 amide bonds. The van der Waals surface area contributed by atoms with Crippen molar-refractivity contribution in [3.63, 3.8) is 0 Å². The number of aliphatic carboxylic acids is 1. The van der Waals surface area contributed by atoms with Crippen LogP contribution in [-0.4, -0.2) is 58.1 Å². The second-order valence-electron chi connectivity index (χ2n) is 9.31. The van der Waals surface area contributed by atoms with E-state index in [2.05, 4.69) is 10.3 Å². The van der Waals surface area contributed by atoms with E-state index in [9.17, 15) is 27.8 Å². The third-order valence-corrected chi connectivity index (χ3v) is 8.53. The number of halogens is 2. The maximum atomic E-state index is 14.9. The molecule has 0 fully saturated rings. The van der Waals surface area contributed by atoms with Crippen molar-refractivity contribution in [1.82, 2.24) is 19.3 Å². The number of hydrogen-bond donors (Lipinski definition) is 3. The molecule has 0 radical (unpaired) electrons. The summed E-state index contributed by atoms with van der Waals surface area (Å²) in [6.07, 6.45) is -0.335. The Bertz CT molecular complexity index is 1320. The normalized spacial score (nSPS) is 19.0. The van der Waals surface area contributed by atoms with Gasteiger partial charge in [0.15, 0.2) is 6.10 Å². The summed E-state index contributed by atoms with van der Waals surface area (Å²) in [6, 6.07) is 11.1. The molecule has 1 aromatic heterocycles. The number of nitrogens with zero attached hydrogens (tertiary/aromatic N) is 4. The van der Waals surface area contributed by atoms with Crippen LogP contribution in [-0.2, 0) is 29.2 Å². The van der Waals surface area contributed by atoms with E-state index in [1.165, 1.54) is 27.3 Å². The monoisotopic (exact) mass is 566 g/mol. The molecule has 10 nitrogen and oxygen atoms in total. The van der Waals surface area contributed by atoms with Crippen molar-refractivity contribution >= 4 is 16.7 Å². The molecule has 212 valence electrons. The van der Waals surface area contributed by atoms with E-state index in [0.29, 0.717) is 29.8 Å². The molecule has 0 saturated heterocycles. The molecular formula is C26H32F2N4O6S. The lowest BCUT2D eigenvalue weighted by Crippen LogP contribution is -2.37. The number of rotatable bonds is 10. The van der Waals surface area contributed by atoms with Gasteiger partial charge in [-0.2, -0.15) is 13.1 Å². The number of alkyl halides is 2. The highest BCUT2D eigenvalue weighted by Gasteiger charge is 2.49. The van der Waals surface area contributed by atoms with Crippen molar-refractivity contribution in [2.75, 3.05) is 6.54 Å². The molecule has 13 heteroatoms. The predicted molar refractivity (Wildman–Crippen MR) is 140 cm³/mol. The summed E-state index contributed by atoms with van der Waals surface area (Å²) < 4.78 is 66.9. The van der Waals surface area contributed by atoms with Crippen molar-refractivity contribution in [3.05, 3.63) is 71.0 Å². The molecule has 3 aromatic rings. The average molecular weight is 567 g/mol. The molecule has 0 spiro atoms. The Morgan fingerprint density at radius 3 is 2.67 bits per heavy atom. The summed E-state index contributed by atoms with van der Waals surface area (Å²) in [5.74, 6) is -6.20. The Kier molecular flexibility index (Phi) is 8.57. The van der Waals surface area contributed by atoms with E-state index in [0.717, 1.165) is 0 Å². The molecule has 2 unspecified atom stereocenters. The molecular weight excluding hydrogens is 534 g/mol. The van der Waals surface area contributed by atoms with Gasteiger partial charge in [-0.15, -0.1) is 15.9 Å². The summed E-state index contributed by atoms with van der Waals surface area (Å²) in [4.78, 5) is 11.8. The van der Waals surface area contributed by atoms with Gasteiger partial charge in [-0.05, 0) is 49.1 Å². The van der Waals surface area contributed by atoms with Crippen molar-refractivity contribution < 1.29 is 37.3 Å². The second-order valence-corrected chi connectivity index (χ2v) is 11.3. The highest BCUT2D eigenvalue weighted by Crippen LogP contribution is 2.57. The number of para-hydroxylation sites is 1. The summed E-state index contributed by atoms with van der Waals surface area (Å²) in [7, 11) is -3.48. The van der Waals surface area contributed by atoms with E-state index < -0.39 is 28.8 Å². The SMILES string of the molecule is CCC1CN(Cc2cc(C(OCc3cn(CC)nn3)C(F)(F)C(=O)O)ccc2C)S(O)(O)c2ccccc2O1. The van der Waals surface area contributed by atoms with E-state index in [4.69, 9.17) is 9.47 Å². The topological polar surface area (TPSA) is 130 Å². The molecule has 2 heterocycles. The van der Waals surface area contributed by atoms with Crippen LogP contribution in [0.5, 0.6) is 5.75 Å². The van der Waals surface area contributed by atoms with Gasteiger partial charge in [0.2, 0.25) is 0 Å². The lowest BCUT2D eigenvalue weighted by molar-refractivity contribution is -0.192. The van der Waals surface area contributed by atoms with Crippen LogP contribution >= 0.6 is 10.8 Å². The number of aryl methyl sites for hydroxylation is 2. The number of benzene rings is 2. The molecule has 0 aliphatic carbocycles. The van der Waals surface area contributed by atoms with Gasteiger partial charge in [0.05, 0.1) is 19.3 Å². The van der Waals surface area contributed by atoms with Crippen LogP contribution in [0.4, 0.5) is 8.78 Å². The van der Waals surface area contributed by atoms with Gasteiger partial charge in [0.25, 0.3) is 0 Å². The number of carboxylic acids is 1. The third kappa shape index (κ3) is 6.07. The lowest BCUT2D eigenvalue weighted by atomic mass is 9.98. The lowest BCUT2D eigenvalue weighted by Gasteiger charge is -2.42. The summed E-state index contributed by atoms with van der Waals surface area (Å²) in [5.41, 5.74) is 1.41. The number of fused-ring (bicyclic) bond motifs is 1. The first-order valence-corrected chi connectivity index (χ1v) is 14.0. The number of hydrogen-bond acceptors (Lipinski definition) is 8. The molecule has 0 saturated carbocycles. The van der Waals surface area contributed by atoms with Crippen molar-refractivity contribution in [2.24, 2.45) is 0 Å². The average Bonchev–Trinajstić information content (AvgIpc) is 3.33. The number of ether oxygens (including phenoxy) is 2. The molecule has 4 rings (SSSR count). The highest BCUT2D eigenvalue weighted by molar-refractivity contribution is 8.22. The first-order valence-electron chi connectivity index (χ1n) is 12.5. The third-order valence-electron chi connectivity index (χ3n) is 6.61. The van der Waals surface area contributed by atoms with Crippen LogP contribution in [0.2, 0.25) is 0 Å². The minimum atomic E-state index is -4.25. The highest BCUT2D eigenvalue weighted by atomic mass is 32.3. The van der Waals surface area contributed by atoms with Gasteiger partial charge < -0.3 is 14.6 Å². The predicted octanol–water partition coefficient (Wildman–Crippen LogP) is 5.28. The fourth-order valence-electron chi connectivity index (χ4n) is 4.29. The summed E-state index contributed by atoms with van der Waals surface area (Å²) >= 11 is 0. The first-order chi connectivity index (χ1) is 18.5. The van der Waals surface area contributed by atoms with Crippen LogP contribution in [0.15, 0.2) is 53.6 Å². The zero-order valence-corrected chi connectivity index (χ0v) is 22.6. The Labute approximate surface area is 226 Å². The fraction of sp³-hybridized carbons (Fsp3) is 0.423. The van der Waals surface area contributed by atoms with Gasteiger partial charge in [0, 0.05) is 13.1 Å². The molecule has 2 aromatic carbocycles. The quantitative estimate of drug-likeness (QED) is 0.300. The molecule has 2 atom stereocenters. The number of aromatic nitrogens is 3. The van der Waals surface area contributed by atoms with Crippen molar-refractivity contribution in [1.29, 1.82) is 0 Å². The maximum Gasteiger partial charge on any atom is 0.377 e. The van der Waals surface area contributed by atoms with Gasteiger partial charge >= 0.3 is 11.9 Å². The molecule has 3 N–H and O–H groups in total. The van der Waals surface area contributed by atoms with Crippen LogP contribution in [0, 0.1) is 6.92 Å². The first kappa shape index (κ1) is 28.9. The minimum Gasteiger partial charge on any atom is -0.487 e. The van der Waals surface area contributed by atoms with Crippen LogP contribution in [0.1, 0.15) is 48.8 Å². The second kappa shape index (κ2) is 11.6. The van der Waals surface area contributed by atoms with E-state index in [-0.39, 0.29) is 42.0 Å². The van der Waals surface area contributed by atoms with Crippen LogP contribution < -0.4 is 4.74 Å². The standard InChI is InChI=1S/C26H32F2N4O6S/c1-4-21-15-32(39(35,36)23-9-7-6-8-22(23)38-21)13-19-12-18(11-10-17(19)3)24(26(27,28)25(33)34)37-16-20-14-31(5-2)30-29-20/h6-12,14,21,24,35-36H,4-5,13,15-16H2,1-3H3,(H,33,34). The van der Waals surface area contributed by atoms with E-state index >= 15 is 0 Å². The Morgan fingerprint density at radius 2 is 2.00 bits per heavy atom. The Hall–Kier alpha value is -3.10. The van der Waals surface area contributed by atoms with Gasteiger partial charge in [0.1, 0.15) is 22.4 Å². The van der Waals surface area contributed by atoms with Crippen molar-refractivity contribution in [3.8, 4) is 5.75 Å². The maximum absolute atomic E-state index is 14.9. The van der Waals surface area contributed by atoms with Crippen LogP contribution in [0.3, 0.4) is 0 Å². The Balaban J connectivity index is 1.67. The van der Waals surface area contributed by atoms with E-state index in [1.807, 2.05) is 13.8 Å². The number of carboxylic acid groups (broad SMARTS) is 1. The fourth-order valence-corrected chi connectivity index (χ4v) is 5.91. The minimum absolute atomic E-state index is 0.00755. The summed E-state index contributed by atoms with van der Waals surface area (Å²) in [5, 5.41) is 17.0. The zero-order valence-electron chi connectivity index (χ0n) is 21.8. The summed E-state index contributed by atoms with van der Waals surface area (Å²) in [6.45, 7) is 5.83. The van der Waals surface area contributed by atoms with Crippen molar-refractivity contribution in [2.45, 2.75) is 69.9 Å². The van der Waals surface area contributed by atoms with E-state index in [1.54, 1.807) is 37.3 Å². The molecule has 1 aliphatic rings. The zero-order chi connectivity index (χ0) is 28.4. The van der Waals surface area contributed by atoms with Gasteiger partial charge in [-0.1, -0.05) is 42.5 Å². The van der Waals surface area contributed by atoms with Gasteiger partial charge in [-0.3, -0.25) is 13.8 Å². The molecule has 1 aliphatic heterocycles. The largest absolute Gasteiger partial charge is 0.487 e. The number of carbonyl (C=O) groups is 1. The van der Waals surface area contributed by atoms with Gasteiger partial charge in [-0.25, -0.2) is 4.79 Å². The molecule has 39 heavy (non-hydrogen) atoms. The smallest absolute Gasteiger partial charge is 0.377 e. The van der Waals surface area contributed by atoms with Crippen LogP contribution in [0.25, 0.3) is 0 Å².